The topological polar surface area (TPSA) is 49.8 Å². The molecular formula is C26H27NO4. The largest absolute Gasteiger partial charge is 0.496 e. The molecule has 0 N–H and O–H groups in total. The number of nitrogens with zero attached hydrogens (tertiary/aromatic N) is 1. The molecule has 0 amide bonds. The van der Waals surface area contributed by atoms with E-state index in [0.717, 1.165) is 72.6 Å². The van der Waals surface area contributed by atoms with E-state index < -0.39 is 0 Å². The van der Waals surface area contributed by atoms with Gasteiger partial charge in [0.05, 0.1) is 39.4 Å². The number of ether oxygens (including phenoxy) is 4. The van der Waals surface area contributed by atoms with Gasteiger partial charge in [0.15, 0.2) is 0 Å². The number of fused-ring (bicyclic) bond motifs is 2. The minimum Gasteiger partial charge on any atom is -0.496 e. The van der Waals surface area contributed by atoms with Gasteiger partial charge >= 0.3 is 0 Å². The molecule has 0 fully saturated rings. The van der Waals surface area contributed by atoms with Gasteiger partial charge in [-0.15, -0.1) is 0 Å². The van der Waals surface area contributed by atoms with Crippen LogP contribution in [0.25, 0.3) is 32.7 Å². The maximum absolute atomic E-state index is 6.01. The molecular weight excluding hydrogens is 390 g/mol. The zero-order chi connectivity index (χ0) is 22.3. The lowest BCUT2D eigenvalue weighted by Crippen LogP contribution is -2.00. The van der Waals surface area contributed by atoms with Gasteiger partial charge in [0.2, 0.25) is 0 Å². The summed E-state index contributed by atoms with van der Waals surface area (Å²) >= 11 is 0. The zero-order valence-electron chi connectivity index (χ0n) is 19.0. The van der Waals surface area contributed by atoms with Crippen LogP contribution in [0.1, 0.15) is 17.0 Å². The molecule has 0 unspecified atom stereocenters. The Balaban J connectivity index is 2.24. The highest BCUT2D eigenvalue weighted by Gasteiger charge is 2.24. The van der Waals surface area contributed by atoms with Crippen LogP contribution in [-0.4, -0.2) is 33.4 Å². The van der Waals surface area contributed by atoms with Crippen molar-refractivity contribution in [1.29, 1.82) is 0 Å². The van der Waals surface area contributed by atoms with Crippen molar-refractivity contribution in [2.24, 2.45) is 0 Å². The number of benzene rings is 3. The van der Waals surface area contributed by atoms with E-state index in [2.05, 4.69) is 30.1 Å². The molecule has 4 aromatic rings. The van der Waals surface area contributed by atoms with Crippen molar-refractivity contribution in [2.75, 3.05) is 28.4 Å². The third-order valence-corrected chi connectivity index (χ3v) is 5.74. The highest BCUT2D eigenvalue weighted by Crippen LogP contribution is 2.50. The molecule has 0 saturated carbocycles. The van der Waals surface area contributed by atoms with Crippen molar-refractivity contribution in [1.82, 2.24) is 4.98 Å². The Morgan fingerprint density at radius 1 is 0.677 bits per heavy atom. The highest BCUT2D eigenvalue weighted by molar-refractivity contribution is 6.10. The Morgan fingerprint density at radius 2 is 1.39 bits per heavy atom. The fourth-order valence-corrected chi connectivity index (χ4v) is 4.53. The number of hydrogen-bond acceptors (Lipinski definition) is 5. The Morgan fingerprint density at radius 3 is 2.03 bits per heavy atom. The SMILES string of the molecule is COc1cc2cc(C)nc(C)c2c(OC)c1-c1c(C)cc(OC)c2c(OC)cccc12. The molecule has 0 saturated heterocycles. The molecule has 5 nitrogen and oxygen atoms in total. The maximum Gasteiger partial charge on any atom is 0.140 e. The molecule has 4 rings (SSSR count). The molecule has 0 aliphatic heterocycles. The molecule has 0 bridgehead atoms. The van der Waals surface area contributed by atoms with Crippen LogP contribution in [0.3, 0.4) is 0 Å². The number of rotatable bonds is 5. The summed E-state index contributed by atoms with van der Waals surface area (Å²) in [6, 6.07) is 12.1. The van der Waals surface area contributed by atoms with Crippen molar-refractivity contribution < 1.29 is 18.9 Å². The smallest absolute Gasteiger partial charge is 0.140 e. The first-order valence-electron chi connectivity index (χ1n) is 10.1. The van der Waals surface area contributed by atoms with Gasteiger partial charge in [-0.2, -0.15) is 0 Å². The first-order chi connectivity index (χ1) is 14.9. The van der Waals surface area contributed by atoms with Crippen LogP contribution in [0.4, 0.5) is 0 Å². The number of methoxy groups -OCH3 is 4. The summed E-state index contributed by atoms with van der Waals surface area (Å²) in [5, 5.41) is 3.94. The fourth-order valence-electron chi connectivity index (χ4n) is 4.53. The second-order valence-corrected chi connectivity index (χ2v) is 7.59. The predicted octanol–water partition coefficient (Wildman–Crippen LogP) is 6.01. The Kier molecular flexibility index (Phi) is 5.36. The molecule has 0 aliphatic carbocycles. The monoisotopic (exact) mass is 417 g/mol. The molecule has 1 heterocycles. The van der Waals surface area contributed by atoms with Gasteiger partial charge in [0, 0.05) is 22.3 Å². The van der Waals surface area contributed by atoms with Gasteiger partial charge in [-0.05, 0) is 61.4 Å². The van der Waals surface area contributed by atoms with Gasteiger partial charge in [0.25, 0.3) is 0 Å². The van der Waals surface area contributed by atoms with Crippen LogP contribution in [0, 0.1) is 20.8 Å². The third kappa shape index (κ3) is 3.21. The van der Waals surface area contributed by atoms with E-state index in [0.29, 0.717) is 0 Å². The van der Waals surface area contributed by atoms with Gasteiger partial charge in [-0.25, -0.2) is 0 Å². The molecule has 0 aliphatic rings. The number of aromatic nitrogens is 1. The molecule has 5 heteroatoms. The summed E-state index contributed by atoms with van der Waals surface area (Å²) in [4.78, 5) is 4.68. The lowest BCUT2D eigenvalue weighted by atomic mass is 9.89. The van der Waals surface area contributed by atoms with E-state index in [1.807, 2.05) is 32.0 Å². The van der Waals surface area contributed by atoms with E-state index in [-0.39, 0.29) is 0 Å². The van der Waals surface area contributed by atoms with Crippen molar-refractivity contribution in [3.63, 3.8) is 0 Å². The summed E-state index contributed by atoms with van der Waals surface area (Å²) in [6.45, 7) is 6.07. The van der Waals surface area contributed by atoms with Crippen LogP contribution >= 0.6 is 0 Å². The van der Waals surface area contributed by atoms with Gasteiger partial charge in [-0.1, -0.05) is 12.1 Å². The van der Waals surface area contributed by atoms with E-state index in [1.165, 1.54) is 0 Å². The number of aryl methyl sites for hydroxylation is 3. The zero-order valence-corrected chi connectivity index (χ0v) is 19.0. The second-order valence-electron chi connectivity index (χ2n) is 7.59. The first kappa shape index (κ1) is 20.8. The molecule has 0 radical (unpaired) electrons. The summed E-state index contributed by atoms with van der Waals surface area (Å²) in [7, 11) is 6.72. The average Bonchev–Trinajstić information content (AvgIpc) is 2.76. The minimum absolute atomic E-state index is 0.742. The van der Waals surface area contributed by atoms with Crippen LogP contribution in [0.15, 0.2) is 36.4 Å². The van der Waals surface area contributed by atoms with E-state index in [1.54, 1.807) is 28.4 Å². The number of pyridine rings is 1. The summed E-state index contributed by atoms with van der Waals surface area (Å²) in [5.41, 5.74) is 4.84. The summed E-state index contributed by atoms with van der Waals surface area (Å²) < 4.78 is 23.3. The minimum atomic E-state index is 0.742. The third-order valence-electron chi connectivity index (χ3n) is 5.74. The average molecular weight is 418 g/mol. The molecule has 1 aromatic heterocycles. The van der Waals surface area contributed by atoms with Gasteiger partial charge < -0.3 is 18.9 Å². The Labute approximate surface area is 182 Å². The second kappa shape index (κ2) is 7.99. The lowest BCUT2D eigenvalue weighted by molar-refractivity contribution is 0.400. The molecule has 0 atom stereocenters. The van der Waals surface area contributed by atoms with E-state index in [9.17, 15) is 0 Å². The van der Waals surface area contributed by atoms with Crippen molar-refractivity contribution in [3.05, 3.63) is 53.3 Å². The molecule has 3 aromatic carbocycles. The maximum atomic E-state index is 6.01. The summed E-state index contributed by atoms with van der Waals surface area (Å²) in [6.07, 6.45) is 0. The fraction of sp³-hybridized carbons (Fsp3) is 0.269. The Bertz CT molecular complexity index is 1310. The summed E-state index contributed by atoms with van der Waals surface area (Å²) in [5.74, 6) is 3.01. The lowest BCUT2D eigenvalue weighted by Gasteiger charge is -2.22. The molecule has 31 heavy (non-hydrogen) atoms. The van der Waals surface area contributed by atoms with Crippen molar-refractivity contribution in [2.45, 2.75) is 20.8 Å². The number of hydrogen-bond donors (Lipinski definition) is 0. The molecule has 160 valence electrons. The van der Waals surface area contributed by atoms with Crippen molar-refractivity contribution in [3.8, 4) is 34.1 Å². The quantitative estimate of drug-likeness (QED) is 0.398. The predicted molar refractivity (Wildman–Crippen MR) is 125 cm³/mol. The molecule has 0 spiro atoms. The normalized spacial score (nSPS) is 11.1. The van der Waals surface area contributed by atoms with Crippen LogP contribution in [0.5, 0.6) is 23.0 Å². The van der Waals surface area contributed by atoms with E-state index >= 15 is 0 Å². The van der Waals surface area contributed by atoms with E-state index in [4.69, 9.17) is 18.9 Å². The van der Waals surface area contributed by atoms with Crippen LogP contribution in [0.2, 0.25) is 0 Å². The van der Waals surface area contributed by atoms with Crippen LogP contribution in [-0.2, 0) is 0 Å². The highest BCUT2D eigenvalue weighted by atomic mass is 16.5. The van der Waals surface area contributed by atoms with Crippen molar-refractivity contribution >= 4 is 21.5 Å². The van der Waals surface area contributed by atoms with Gasteiger partial charge in [-0.3, -0.25) is 4.98 Å². The first-order valence-corrected chi connectivity index (χ1v) is 10.1. The van der Waals surface area contributed by atoms with Gasteiger partial charge in [0.1, 0.15) is 23.0 Å². The Hall–Kier alpha value is -3.47. The standard InChI is InChI=1S/C26H27NO4/c1-14-11-20(29-5)24-18(9-8-10-19(24)28-4)22(14)25-21(30-6)13-17-12-15(2)27-16(3)23(17)26(25)31-7/h8-13H,1-7H3. The van der Waals surface area contributed by atoms with Crippen LogP contribution < -0.4 is 18.9 Å².